The molecular formula is C20H31N3O5. The van der Waals surface area contributed by atoms with Gasteiger partial charge in [0.25, 0.3) is 5.91 Å². The van der Waals surface area contributed by atoms with Crippen molar-refractivity contribution in [2.75, 3.05) is 5.32 Å². The maximum absolute atomic E-state index is 12.8. The summed E-state index contributed by atoms with van der Waals surface area (Å²) in [4.78, 5) is 37.3. The van der Waals surface area contributed by atoms with E-state index in [0.717, 1.165) is 0 Å². The van der Waals surface area contributed by atoms with E-state index >= 15 is 0 Å². The van der Waals surface area contributed by atoms with Crippen LogP contribution in [0.1, 0.15) is 41.0 Å². The Morgan fingerprint density at radius 2 is 1.57 bits per heavy atom. The number of benzene rings is 1. The van der Waals surface area contributed by atoms with Gasteiger partial charge in [0.1, 0.15) is 12.1 Å². The van der Waals surface area contributed by atoms with Crippen LogP contribution in [0, 0.1) is 17.3 Å². The van der Waals surface area contributed by atoms with Gasteiger partial charge in [-0.3, -0.25) is 19.6 Å². The van der Waals surface area contributed by atoms with E-state index < -0.39 is 41.2 Å². The maximum Gasteiger partial charge on any atom is 0.272 e. The van der Waals surface area contributed by atoms with E-state index in [9.17, 15) is 19.5 Å². The minimum Gasteiger partial charge on any atom is -0.382 e. The topological polar surface area (TPSA) is 128 Å². The van der Waals surface area contributed by atoms with Crippen LogP contribution in [0.5, 0.6) is 0 Å². The molecule has 1 aromatic carbocycles. The first-order valence-corrected chi connectivity index (χ1v) is 9.25. The molecule has 5 N–H and O–H groups in total. The van der Waals surface area contributed by atoms with Gasteiger partial charge in [-0.1, -0.05) is 52.8 Å². The van der Waals surface area contributed by atoms with Crippen LogP contribution in [0.3, 0.4) is 0 Å². The number of carbonyl (C=O) groups is 3. The van der Waals surface area contributed by atoms with E-state index in [1.54, 1.807) is 45.0 Å². The third-order valence-corrected chi connectivity index (χ3v) is 4.28. The minimum atomic E-state index is -1.73. The Labute approximate surface area is 165 Å². The lowest BCUT2D eigenvalue weighted by Crippen LogP contribution is -2.55. The van der Waals surface area contributed by atoms with E-state index in [0.29, 0.717) is 5.69 Å². The third-order valence-electron chi connectivity index (χ3n) is 4.28. The van der Waals surface area contributed by atoms with E-state index in [2.05, 4.69) is 10.6 Å². The summed E-state index contributed by atoms with van der Waals surface area (Å²) in [5, 5.41) is 24.4. The molecule has 0 fully saturated rings. The first kappa shape index (κ1) is 23.6. The molecule has 0 aliphatic carbocycles. The van der Waals surface area contributed by atoms with Gasteiger partial charge < -0.3 is 15.7 Å². The molecular weight excluding hydrogens is 362 g/mol. The fraction of sp³-hybridized carbons (Fsp3) is 0.550. The Kier molecular flexibility index (Phi) is 8.59. The highest BCUT2D eigenvalue weighted by molar-refractivity contribution is 5.98. The van der Waals surface area contributed by atoms with Crippen LogP contribution in [0.4, 0.5) is 5.69 Å². The first-order chi connectivity index (χ1) is 13.0. The van der Waals surface area contributed by atoms with Crippen LogP contribution in [-0.2, 0) is 14.4 Å². The van der Waals surface area contributed by atoms with Crippen molar-refractivity contribution >= 4 is 23.4 Å². The molecule has 0 saturated carbocycles. The van der Waals surface area contributed by atoms with Crippen LogP contribution in [-0.4, -0.2) is 40.2 Å². The number of carbonyl (C=O) groups excluding carboxylic acids is 3. The summed E-state index contributed by atoms with van der Waals surface area (Å²) >= 11 is 0. The molecule has 0 aliphatic heterocycles. The van der Waals surface area contributed by atoms with Gasteiger partial charge in [0.05, 0.1) is 5.92 Å². The molecule has 0 bridgehead atoms. The van der Waals surface area contributed by atoms with Crippen LogP contribution in [0.15, 0.2) is 30.3 Å². The van der Waals surface area contributed by atoms with E-state index in [1.165, 1.54) is 5.48 Å². The molecule has 0 radical (unpaired) electrons. The van der Waals surface area contributed by atoms with Gasteiger partial charge in [-0.2, -0.15) is 0 Å². The predicted molar refractivity (Wildman–Crippen MR) is 105 cm³/mol. The van der Waals surface area contributed by atoms with Crippen molar-refractivity contribution in [1.29, 1.82) is 0 Å². The molecule has 0 aromatic heterocycles. The first-order valence-electron chi connectivity index (χ1n) is 9.25. The Morgan fingerprint density at radius 1 is 1.00 bits per heavy atom. The number of para-hydroxylation sites is 1. The quantitative estimate of drug-likeness (QED) is 0.339. The second kappa shape index (κ2) is 10.2. The zero-order chi connectivity index (χ0) is 21.5. The van der Waals surface area contributed by atoms with Crippen molar-refractivity contribution in [1.82, 2.24) is 10.8 Å². The lowest BCUT2D eigenvalue weighted by Gasteiger charge is -2.32. The average molecular weight is 393 g/mol. The largest absolute Gasteiger partial charge is 0.382 e. The summed E-state index contributed by atoms with van der Waals surface area (Å²) in [6, 6.07) is 7.94. The van der Waals surface area contributed by atoms with E-state index in [-0.39, 0.29) is 12.3 Å². The summed E-state index contributed by atoms with van der Waals surface area (Å²) < 4.78 is 0. The molecule has 8 heteroatoms. The van der Waals surface area contributed by atoms with Crippen molar-refractivity contribution in [2.45, 2.75) is 53.2 Å². The van der Waals surface area contributed by atoms with Crippen LogP contribution in [0.25, 0.3) is 0 Å². The van der Waals surface area contributed by atoms with Crippen LogP contribution in [0.2, 0.25) is 0 Å². The van der Waals surface area contributed by atoms with Gasteiger partial charge in [0.2, 0.25) is 11.8 Å². The number of hydrogen-bond donors (Lipinski definition) is 5. The molecule has 0 aliphatic rings. The molecule has 0 heterocycles. The van der Waals surface area contributed by atoms with Gasteiger partial charge in [0, 0.05) is 5.69 Å². The number of aliphatic hydroxyl groups excluding tert-OH is 1. The normalized spacial score (nSPS) is 14.7. The minimum absolute atomic E-state index is 0.00289. The van der Waals surface area contributed by atoms with Crippen molar-refractivity contribution in [3.8, 4) is 0 Å². The number of amides is 3. The van der Waals surface area contributed by atoms with Gasteiger partial charge in [-0.15, -0.1) is 0 Å². The van der Waals surface area contributed by atoms with Crippen molar-refractivity contribution < 1.29 is 24.7 Å². The summed E-state index contributed by atoms with van der Waals surface area (Å²) in [7, 11) is 0. The zero-order valence-corrected chi connectivity index (χ0v) is 17.0. The number of nitrogens with one attached hydrogen (secondary N) is 3. The number of hydrogen-bond acceptors (Lipinski definition) is 5. The summed E-state index contributed by atoms with van der Waals surface area (Å²) in [5.41, 5.74) is 1.33. The van der Waals surface area contributed by atoms with Gasteiger partial charge in [0.15, 0.2) is 0 Å². The third kappa shape index (κ3) is 6.94. The molecule has 1 aromatic rings. The highest BCUT2D eigenvalue weighted by Gasteiger charge is 2.38. The molecule has 0 saturated heterocycles. The van der Waals surface area contributed by atoms with Crippen molar-refractivity contribution in [3.63, 3.8) is 0 Å². The summed E-state index contributed by atoms with van der Waals surface area (Å²) in [5.74, 6) is -3.21. The van der Waals surface area contributed by atoms with Crippen LogP contribution < -0.4 is 16.1 Å². The fourth-order valence-corrected chi connectivity index (χ4v) is 2.80. The van der Waals surface area contributed by atoms with Crippen LogP contribution >= 0.6 is 0 Å². The van der Waals surface area contributed by atoms with E-state index in [4.69, 9.17) is 5.21 Å². The summed E-state index contributed by atoms with van der Waals surface area (Å²) in [6.45, 7) is 9.09. The highest BCUT2D eigenvalue weighted by atomic mass is 16.5. The van der Waals surface area contributed by atoms with Crippen molar-refractivity contribution in [3.05, 3.63) is 30.3 Å². The second-order valence-corrected chi connectivity index (χ2v) is 8.32. The monoisotopic (exact) mass is 393 g/mol. The number of hydroxylamine groups is 1. The van der Waals surface area contributed by atoms with Gasteiger partial charge in [-0.25, -0.2) is 5.48 Å². The zero-order valence-electron chi connectivity index (χ0n) is 17.0. The smallest absolute Gasteiger partial charge is 0.272 e. The Hall–Kier alpha value is -2.45. The maximum atomic E-state index is 12.8. The molecule has 1 rings (SSSR count). The lowest BCUT2D eigenvalue weighted by atomic mass is 9.84. The van der Waals surface area contributed by atoms with Gasteiger partial charge >= 0.3 is 0 Å². The highest BCUT2D eigenvalue weighted by Crippen LogP contribution is 2.23. The fourth-order valence-electron chi connectivity index (χ4n) is 2.80. The lowest BCUT2D eigenvalue weighted by molar-refractivity contribution is -0.147. The Morgan fingerprint density at radius 3 is 2.04 bits per heavy atom. The van der Waals surface area contributed by atoms with Crippen molar-refractivity contribution in [2.24, 2.45) is 17.3 Å². The molecule has 156 valence electrons. The average Bonchev–Trinajstić information content (AvgIpc) is 2.62. The Balaban J connectivity index is 3.03. The standard InChI is InChI=1S/C20H31N3O5/c1-12(2)11-14(15(24)18(26)23-28)17(25)22-16(20(3,4)5)19(27)21-13-9-7-6-8-10-13/h6-10,12,14-16,24,28H,11H2,1-5H3,(H,21,27)(H,22,25)(H,23,26)/t14-,15+,16-/m1/s1. The second-order valence-electron chi connectivity index (χ2n) is 8.32. The van der Waals surface area contributed by atoms with E-state index in [1.807, 2.05) is 19.9 Å². The molecule has 0 spiro atoms. The Bertz CT molecular complexity index is 670. The SMILES string of the molecule is CC(C)C[C@@H](C(=O)N[C@H](C(=O)Nc1ccccc1)C(C)(C)C)[C@H](O)C(=O)NO. The summed E-state index contributed by atoms with van der Waals surface area (Å²) in [6.07, 6.45) is -1.53. The molecule has 8 nitrogen and oxygen atoms in total. The number of rotatable bonds is 8. The van der Waals surface area contributed by atoms with Gasteiger partial charge in [-0.05, 0) is 29.9 Å². The predicted octanol–water partition coefficient (Wildman–Crippen LogP) is 1.68. The molecule has 28 heavy (non-hydrogen) atoms. The number of anilines is 1. The number of aliphatic hydroxyl groups is 1. The molecule has 0 unspecified atom stereocenters. The molecule has 3 amide bonds. The molecule has 3 atom stereocenters.